The number of benzene rings is 1. The van der Waals surface area contributed by atoms with Crippen LogP contribution in [-0.4, -0.2) is 48.7 Å². The number of carbonyl (C=O) groups is 2. The van der Waals surface area contributed by atoms with Gasteiger partial charge in [-0.2, -0.15) is 13.2 Å². The van der Waals surface area contributed by atoms with Gasteiger partial charge in [-0.05, 0) is 19.8 Å². The molecular weight excluding hydrogens is 440 g/mol. The van der Waals surface area contributed by atoms with Crippen molar-refractivity contribution in [3.05, 3.63) is 22.2 Å². The fourth-order valence-electron chi connectivity index (χ4n) is 3.07. The highest BCUT2D eigenvalue weighted by Crippen LogP contribution is 2.48. The maximum absolute atomic E-state index is 13.8. The second-order valence-electron chi connectivity index (χ2n) is 6.50. The fraction of sp³-hybridized carbons (Fsp3) is 0.529. The Hall–Kier alpha value is -2.07. The molecule has 1 aromatic rings. The number of urea groups is 1. The number of halogens is 5. The van der Waals surface area contributed by atoms with Crippen LogP contribution in [0.4, 0.5) is 18.0 Å². The van der Waals surface area contributed by atoms with Gasteiger partial charge in [0.15, 0.2) is 11.5 Å². The number of piperidine rings is 1. The van der Waals surface area contributed by atoms with Crippen LogP contribution in [-0.2, 0) is 9.53 Å². The molecule has 2 heterocycles. The predicted molar refractivity (Wildman–Crippen MR) is 96.0 cm³/mol. The van der Waals surface area contributed by atoms with E-state index < -0.39 is 30.0 Å². The highest BCUT2D eigenvalue weighted by Gasteiger charge is 2.66. The highest BCUT2D eigenvalue weighted by molar-refractivity contribution is 6.42. The van der Waals surface area contributed by atoms with E-state index in [9.17, 15) is 22.8 Å². The summed E-state index contributed by atoms with van der Waals surface area (Å²) in [5, 5.41) is 1.69. The molecule has 29 heavy (non-hydrogen) atoms. The number of amides is 2. The van der Waals surface area contributed by atoms with E-state index in [1.165, 1.54) is 0 Å². The molecule has 0 aliphatic carbocycles. The Kier molecular flexibility index (Phi) is 5.96. The van der Waals surface area contributed by atoms with E-state index in [1.807, 2.05) is 0 Å². The number of rotatable bonds is 3. The molecule has 1 saturated heterocycles. The molecule has 0 spiro atoms. The van der Waals surface area contributed by atoms with Crippen molar-refractivity contribution in [2.75, 3.05) is 19.7 Å². The van der Waals surface area contributed by atoms with Gasteiger partial charge in [0.2, 0.25) is 0 Å². The molecule has 0 bridgehead atoms. The Morgan fingerprint density at radius 1 is 1.28 bits per heavy atom. The summed E-state index contributed by atoms with van der Waals surface area (Å²) in [6.45, 7) is 1.90. The largest absolute Gasteiger partial charge is 0.492 e. The molecule has 7 nitrogen and oxygen atoms in total. The van der Waals surface area contributed by atoms with Gasteiger partial charge in [0.05, 0.1) is 22.6 Å². The molecule has 12 heteroatoms. The minimum atomic E-state index is -5.13. The number of esters is 1. The summed E-state index contributed by atoms with van der Waals surface area (Å²) in [5.74, 6) is -5.20. The summed E-state index contributed by atoms with van der Waals surface area (Å²) < 4.78 is 56.2. The Balaban J connectivity index is 1.78. The first-order valence-electron chi connectivity index (χ1n) is 8.74. The van der Waals surface area contributed by atoms with Crippen LogP contribution in [0.2, 0.25) is 10.0 Å². The Morgan fingerprint density at radius 3 is 2.38 bits per heavy atom. The summed E-state index contributed by atoms with van der Waals surface area (Å²) in [7, 11) is 0. The van der Waals surface area contributed by atoms with E-state index in [-0.39, 0.29) is 41.2 Å². The molecule has 0 unspecified atom stereocenters. The summed E-state index contributed by atoms with van der Waals surface area (Å²) in [4.78, 5) is 25.6. The van der Waals surface area contributed by atoms with Crippen molar-refractivity contribution in [2.24, 2.45) is 5.92 Å². The van der Waals surface area contributed by atoms with Crippen LogP contribution in [0.3, 0.4) is 0 Å². The van der Waals surface area contributed by atoms with Gasteiger partial charge in [-0.3, -0.25) is 10.1 Å². The first-order chi connectivity index (χ1) is 13.6. The van der Waals surface area contributed by atoms with Crippen molar-refractivity contribution in [3.63, 3.8) is 0 Å². The number of ether oxygens (including phenoxy) is 3. The molecule has 0 radical (unpaired) electrons. The average molecular weight is 457 g/mol. The van der Waals surface area contributed by atoms with Crippen molar-refractivity contribution < 1.29 is 37.0 Å². The number of likely N-dealkylation sites (tertiary alicyclic amines) is 1. The molecule has 3 rings (SSSR count). The van der Waals surface area contributed by atoms with E-state index in [2.05, 4.69) is 0 Å². The minimum absolute atomic E-state index is 0.0355. The molecule has 0 saturated carbocycles. The number of carbonyl (C=O) groups excluding carboxylic acids is 2. The summed E-state index contributed by atoms with van der Waals surface area (Å²) >= 11 is 11.6. The van der Waals surface area contributed by atoms with Crippen LogP contribution < -0.4 is 14.8 Å². The smallest absolute Gasteiger partial charge is 0.466 e. The van der Waals surface area contributed by atoms with Gasteiger partial charge in [0, 0.05) is 25.2 Å². The molecule has 1 N–H and O–H groups in total. The third kappa shape index (κ3) is 4.28. The van der Waals surface area contributed by atoms with E-state index in [0.29, 0.717) is 12.8 Å². The second-order valence-corrected chi connectivity index (χ2v) is 7.31. The lowest BCUT2D eigenvalue weighted by Crippen LogP contribution is -2.67. The number of alkyl halides is 3. The number of hydrogen-bond donors (Lipinski definition) is 1. The van der Waals surface area contributed by atoms with Gasteiger partial charge < -0.3 is 19.1 Å². The molecule has 1 atom stereocenters. The lowest BCUT2D eigenvalue weighted by atomic mass is 9.98. The van der Waals surface area contributed by atoms with Gasteiger partial charge in [0.25, 0.3) is 0 Å². The van der Waals surface area contributed by atoms with E-state index in [1.54, 1.807) is 12.2 Å². The Bertz CT molecular complexity index is 790. The van der Waals surface area contributed by atoms with Crippen molar-refractivity contribution >= 4 is 35.2 Å². The van der Waals surface area contributed by atoms with Crippen LogP contribution in [0.15, 0.2) is 12.1 Å². The van der Waals surface area contributed by atoms with E-state index >= 15 is 0 Å². The second kappa shape index (κ2) is 7.98. The zero-order valence-corrected chi connectivity index (χ0v) is 16.7. The van der Waals surface area contributed by atoms with Crippen molar-refractivity contribution in [1.82, 2.24) is 10.2 Å². The van der Waals surface area contributed by atoms with Crippen LogP contribution in [0.5, 0.6) is 11.5 Å². The predicted octanol–water partition coefficient (Wildman–Crippen LogP) is 3.97. The van der Waals surface area contributed by atoms with Gasteiger partial charge in [-0.1, -0.05) is 23.2 Å². The topological polar surface area (TPSA) is 77.1 Å². The quantitative estimate of drug-likeness (QED) is 0.696. The van der Waals surface area contributed by atoms with Crippen LogP contribution in [0.1, 0.15) is 19.8 Å². The minimum Gasteiger partial charge on any atom is -0.466 e. The van der Waals surface area contributed by atoms with Gasteiger partial charge in [-0.15, -0.1) is 0 Å². The molecule has 2 aliphatic heterocycles. The Labute approximate surface area is 174 Å². The third-order valence-corrected chi connectivity index (χ3v) is 5.19. The van der Waals surface area contributed by atoms with Crippen LogP contribution in [0.25, 0.3) is 0 Å². The zero-order chi connectivity index (χ0) is 21.4. The lowest BCUT2D eigenvalue weighted by molar-refractivity contribution is -0.318. The zero-order valence-electron chi connectivity index (χ0n) is 15.1. The third-order valence-electron chi connectivity index (χ3n) is 4.47. The van der Waals surface area contributed by atoms with E-state index in [4.69, 9.17) is 37.4 Å². The Morgan fingerprint density at radius 2 is 1.86 bits per heavy atom. The van der Waals surface area contributed by atoms with Crippen LogP contribution >= 0.6 is 23.2 Å². The van der Waals surface area contributed by atoms with Gasteiger partial charge >= 0.3 is 24.1 Å². The van der Waals surface area contributed by atoms with Crippen LogP contribution in [0, 0.1) is 5.92 Å². The first-order valence-corrected chi connectivity index (χ1v) is 9.49. The lowest BCUT2D eigenvalue weighted by Gasteiger charge is -2.35. The monoisotopic (exact) mass is 456 g/mol. The number of fused-ring (bicyclic) bond motifs is 1. The molecule has 2 amide bonds. The van der Waals surface area contributed by atoms with Gasteiger partial charge in [-0.25, -0.2) is 4.79 Å². The molecule has 160 valence electrons. The average Bonchev–Trinajstić information content (AvgIpc) is 3.00. The fourth-order valence-corrected chi connectivity index (χ4v) is 3.38. The van der Waals surface area contributed by atoms with Crippen molar-refractivity contribution in [3.8, 4) is 11.5 Å². The molecule has 1 fully saturated rings. The van der Waals surface area contributed by atoms with E-state index in [0.717, 1.165) is 17.0 Å². The molecule has 0 aromatic heterocycles. The normalized spacial score (nSPS) is 20.3. The highest BCUT2D eigenvalue weighted by atomic mass is 35.5. The SMILES string of the molecule is CCOC(=O)[C@@H]1CCCN(C(=O)NC2(C(F)(F)F)Oc3cc(Cl)c(Cl)cc3O2)C1. The summed E-state index contributed by atoms with van der Waals surface area (Å²) in [6.07, 6.45) is -4.22. The standard InChI is InChI=1S/C17H17Cl2F3N2O5/c1-2-27-14(25)9-4-3-5-24(8-9)15(26)23-17(16(20,21)22)28-12-6-10(18)11(19)7-13(12)29-17/h6-7,9H,2-5,8H2,1H3,(H,23,26)/t9-/m1/s1. The van der Waals surface area contributed by atoms with Crippen molar-refractivity contribution in [1.29, 1.82) is 0 Å². The molecular formula is C17H17Cl2F3N2O5. The first kappa shape index (κ1) is 21.6. The molecule has 1 aromatic carbocycles. The number of nitrogens with one attached hydrogen (secondary N) is 1. The molecule has 2 aliphatic rings. The van der Waals surface area contributed by atoms with Crippen molar-refractivity contribution in [2.45, 2.75) is 31.9 Å². The maximum atomic E-state index is 13.8. The summed E-state index contributed by atoms with van der Waals surface area (Å²) in [5.41, 5.74) is 0. The van der Waals surface area contributed by atoms with Gasteiger partial charge in [0.1, 0.15) is 0 Å². The number of hydrogen-bond acceptors (Lipinski definition) is 5. The summed E-state index contributed by atoms with van der Waals surface area (Å²) in [6, 6.07) is 1.04. The number of nitrogens with zero attached hydrogens (tertiary/aromatic N) is 1. The maximum Gasteiger partial charge on any atom is 0.492 e.